The van der Waals surface area contributed by atoms with Crippen LogP contribution in [0.1, 0.15) is 21.6 Å². The maximum atomic E-state index is 12.4. The zero-order chi connectivity index (χ0) is 16.8. The van der Waals surface area contributed by atoms with E-state index in [0.29, 0.717) is 18.2 Å². The lowest BCUT2D eigenvalue weighted by Crippen LogP contribution is -2.16. The van der Waals surface area contributed by atoms with Gasteiger partial charge in [-0.25, -0.2) is 9.97 Å². The van der Waals surface area contributed by atoms with Crippen LogP contribution in [0.25, 0.3) is 0 Å². The molecule has 2 N–H and O–H groups in total. The summed E-state index contributed by atoms with van der Waals surface area (Å²) in [5.74, 6) is 0.142. The second-order valence-corrected chi connectivity index (χ2v) is 5.24. The lowest BCUT2D eigenvalue weighted by molar-refractivity contribution is 0.102. The van der Waals surface area contributed by atoms with E-state index in [9.17, 15) is 4.79 Å². The van der Waals surface area contributed by atoms with E-state index in [4.69, 9.17) is 0 Å². The molecule has 0 aliphatic carbocycles. The molecule has 1 amide bonds. The summed E-state index contributed by atoms with van der Waals surface area (Å²) in [7, 11) is 0. The Labute approximate surface area is 140 Å². The van der Waals surface area contributed by atoms with Crippen LogP contribution in [0.5, 0.6) is 0 Å². The molecule has 2 aromatic heterocycles. The number of pyridine rings is 1. The number of anilines is 2. The second-order valence-electron chi connectivity index (χ2n) is 5.24. The number of nitrogens with one attached hydrogen (secondary N) is 2. The van der Waals surface area contributed by atoms with Crippen LogP contribution in [0.3, 0.4) is 0 Å². The van der Waals surface area contributed by atoms with E-state index in [1.54, 1.807) is 24.7 Å². The predicted octanol–water partition coefficient (Wildman–Crippen LogP) is 3.04. The molecule has 0 aliphatic heterocycles. The standard InChI is InChI=1S/C18H17N5O/c1-13-4-2-3-5-15(13)22-17(24)16-8-11-20-18(23-16)21-12-14-6-9-19-10-7-14/h2-11H,12H2,1H3,(H,22,24)(H,20,21,23). The molecule has 0 unspecified atom stereocenters. The first-order valence-electron chi connectivity index (χ1n) is 7.55. The molecule has 0 radical (unpaired) electrons. The molecular formula is C18H17N5O. The van der Waals surface area contributed by atoms with Crippen molar-refractivity contribution in [1.82, 2.24) is 15.0 Å². The number of rotatable bonds is 5. The number of carbonyl (C=O) groups is 1. The number of hydrogen-bond acceptors (Lipinski definition) is 5. The van der Waals surface area contributed by atoms with E-state index in [1.807, 2.05) is 43.3 Å². The summed E-state index contributed by atoms with van der Waals surface area (Å²) in [6, 6.07) is 13.0. The van der Waals surface area contributed by atoms with Crippen molar-refractivity contribution in [3.05, 3.63) is 77.9 Å². The summed E-state index contributed by atoms with van der Waals surface area (Å²) in [6.45, 7) is 2.50. The lowest BCUT2D eigenvalue weighted by Gasteiger charge is -2.09. The van der Waals surface area contributed by atoms with Crippen LogP contribution in [-0.2, 0) is 6.54 Å². The van der Waals surface area contributed by atoms with E-state index >= 15 is 0 Å². The van der Waals surface area contributed by atoms with Crippen molar-refractivity contribution in [1.29, 1.82) is 0 Å². The molecule has 3 aromatic rings. The minimum atomic E-state index is -0.265. The lowest BCUT2D eigenvalue weighted by atomic mass is 10.2. The molecule has 3 rings (SSSR count). The first-order valence-corrected chi connectivity index (χ1v) is 7.55. The fourth-order valence-electron chi connectivity index (χ4n) is 2.15. The zero-order valence-electron chi connectivity index (χ0n) is 13.2. The van der Waals surface area contributed by atoms with Gasteiger partial charge < -0.3 is 10.6 Å². The Kier molecular flexibility index (Phi) is 4.76. The number of para-hydroxylation sites is 1. The Hall–Kier alpha value is -3.28. The quantitative estimate of drug-likeness (QED) is 0.755. The average molecular weight is 319 g/mol. The minimum absolute atomic E-state index is 0.265. The van der Waals surface area contributed by atoms with Gasteiger partial charge in [0.1, 0.15) is 5.69 Å². The molecule has 6 nitrogen and oxygen atoms in total. The monoisotopic (exact) mass is 319 g/mol. The number of carbonyl (C=O) groups excluding carboxylic acids is 1. The highest BCUT2D eigenvalue weighted by Gasteiger charge is 2.10. The van der Waals surface area contributed by atoms with E-state index in [1.165, 1.54) is 0 Å². The normalized spacial score (nSPS) is 10.2. The van der Waals surface area contributed by atoms with Crippen LogP contribution >= 0.6 is 0 Å². The van der Waals surface area contributed by atoms with Crippen LogP contribution in [0, 0.1) is 6.92 Å². The number of nitrogens with zero attached hydrogens (tertiary/aromatic N) is 3. The highest BCUT2D eigenvalue weighted by atomic mass is 16.1. The molecule has 0 atom stereocenters. The van der Waals surface area contributed by atoms with Crippen LogP contribution < -0.4 is 10.6 Å². The van der Waals surface area contributed by atoms with Gasteiger partial charge in [-0.2, -0.15) is 0 Å². The Morgan fingerprint density at radius 2 is 1.83 bits per heavy atom. The Balaban J connectivity index is 1.68. The minimum Gasteiger partial charge on any atom is -0.350 e. The molecule has 24 heavy (non-hydrogen) atoms. The topological polar surface area (TPSA) is 79.8 Å². The molecule has 6 heteroatoms. The van der Waals surface area contributed by atoms with Crippen molar-refractivity contribution >= 4 is 17.5 Å². The van der Waals surface area contributed by atoms with Crippen LogP contribution in [0.15, 0.2) is 61.1 Å². The fourth-order valence-corrected chi connectivity index (χ4v) is 2.15. The third kappa shape index (κ3) is 3.92. The largest absolute Gasteiger partial charge is 0.350 e. The van der Waals surface area contributed by atoms with Gasteiger partial charge in [-0.05, 0) is 42.3 Å². The number of aryl methyl sites for hydroxylation is 1. The molecule has 0 saturated carbocycles. The maximum absolute atomic E-state index is 12.4. The van der Waals surface area contributed by atoms with Crippen LogP contribution in [-0.4, -0.2) is 20.9 Å². The smallest absolute Gasteiger partial charge is 0.274 e. The van der Waals surface area contributed by atoms with Gasteiger partial charge >= 0.3 is 0 Å². The van der Waals surface area contributed by atoms with Gasteiger partial charge in [0.25, 0.3) is 5.91 Å². The van der Waals surface area contributed by atoms with Crippen molar-refractivity contribution in [3.8, 4) is 0 Å². The summed E-state index contributed by atoms with van der Waals surface area (Å²) in [4.78, 5) is 24.7. The number of benzene rings is 1. The van der Waals surface area contributed by atoms with E-state index in [0.717, 1.165) is 16.8 Å². The van der Waals surface area contributed by atoms with Crippen molar-refractivity contribution in [2.24, 2.45) is 0 Å². The van der Waals surface area contributed by atoms with Crippen LogP contribution in [0.4, 0.5) is 11.6 Å². The van der Waals surface area contributed by atoms with E-state index in [-0.39, 0.29) is 5.91 Å². The summed E-state index contributed by atoms with van der Waals surface area (Å²) < 4.78 is 0. The molecular weight excluding hydrogens is 302 g/mol. The van der Waals surface area contributed by atoms with Crippen molar-refractivity contribution < 1.29 is 4.79 Å². The van der Waals surface area contributed by atoms with Gasteiger partial charge in [-0.15, -0.1) is 0 Å². The van der Waals surface area contributed by atoms with Gasteiger partial charge in [0.05, 0.1) is 0 Å². The number of hydrogen-bond donors (Lipinski definition) is 2. The molecule has 0 aliphatic rings. The molecule has 0 spiro atoms. The SMILES string of the molecule is Cc1ccccc1NC(=O)c1ccnc(NCc2ccncc2)n1. The molecule has 2 heterocycles. The third-order valence-electron chi connectivity index (χ3n) is 3.48. The molecule has 0 bridgehead atoms. The average Bonchev–Trinajstić information content (AvgIpc) is 2.63. The Morgan fingerprint density at radius 3 is 2.62 bits per heavy atom. The van der Waals surface area contributed by atoms with Gasteiger partial charge in [0, 0.05) is 30.8 Å². The molecule has 0 fully saturated rings. The Morgan fingerprint density at radius 1 is 1.04 bits per heavy atom. The number of amides is 1. The highest BCUT2D eigenvalue weighted by molar-refractivity contribution is 6.03. The van der Waals surface area contributed by atoms with Crippen molar-refractivity contribution in [2.75, 3.05) is 10.6 Å². The van der Waals surface area contributed by atoms with Gasteiger partial charge in [-0.3, -0.25) is 9.78 Å². The second kappa shape index (κ2) is 7.32. The first-order chi connectivity index (χ1) is 11.7. The molecule has 120 valence electrons. The van der Waals surface area contributed by atoms with Gasteiger partial charge in [-0.1, -0.05) is 18.2 Å². The van der Waals surface area contributed by atoms with Gasteiger partial charge in [0.15, 0.2) is 0 Å². The fraction of sp³-hybridized carbons (Fsp3) is 0.111. The maximum Gasteiger partial charge on any atom is 0.274 e. The first kappa shape index (κ1) is 15.6. The predicted molar refractivity (Wildman–Crippen MR) is 92.7 cm³/mol. The number of aromatic nitrogens is 3. The van der Waals surface area contributed by atoms with Crippen molar-refractivity contribution in [3.63, 3.8) is 0 Å². The zero-order valence-corrected chi connectivity index (χ0v) is 13.2. The summed E-state index contributed by atoms with van der Waals surface area (Å²) in [5, 5.41) is 5.96. The van der Waals surface area contributed by atoms with Crippen molar-refractivity contribution in [2.45, 2.75) is 13.5 Å². The summed E-state index contributed by atoms with van der Waals surface area (Å²) in [5.41, 5.74) is 3.14. The van der Waals surface area contributed by atoms with E-state index in [2.05, 4.69) is 25.6 Å². The Bertz CT molecular complexity index is 836. The molecule has 1 aromatic carbocycles. The highest BCUT2D eigenvalue weighted by Crippen LogP contribution is 2.14. The third-order valence-corrected chi connectivity index (χ3v) is 3.48. The summed E-state index contributed by atoms with van der Waals surface area (Å²) >= 11 is 0. The van der Waals surface area contributed by atoms with Gasteiger partial charge in [0.2, 0.25) is 5.95 Å². The summed E-state index contributed by atoms with van der Waals surface area (Å²) in [6.07, 6.45) is 5.02. The molecule has 0 saturated heterocycles. The van der Waals surface area contributed by atoms with E-state index < -0.39 is 0 Å². The van der Waals surface area contributed by atoms with Crippen LogP contribution in [0.2, 0.25) is 0 Å².